The van der Waals surface area contributed by atoms with Crippen molar-refractivity contribution in [3.63, 3.8) is 0 Å². The third-order valence-corrected chi connectivity index (χ3v) is 2.32. The van der Waals surface area contributed by atoms with Gasteiger partial charge in [-0.2, -0.15) is 5.21 Å². The maximum absolute atomic E-state index is 10.2. The summed E-state index contributed by atoms with van der Waals surface area (Å²) < 4.78 is 2.18. The number of carbonyl (C=O) groups excluding carboxylic acids is 1. The zero-order chi connectivity index (χ0) is 13.1. The number of nitrogens with one attached hydrogen (secondary N) is 1. The largest absolute Gasteiger partial charge is 0.345 e. The second-order valence-corrected chi connectivity index (χ2v) is 3.83. The first-order valence-corrected chi connectivity index (χ1v) is 6.27. The van der Waals surface area contributed by atoms with E-state index < -0.39 is 0 Å². The smallest absolute Gasteiger partial charge is 0.238 e. The maximum atomic E-state index is 10.2. The van der Waals surface area contributed by atoms with E-state index in [1.807, 2.05) is 6.92 Å². The fourth-order valence-electron chi connectivity index (χ4n) is 1.21. The average molecular weight is 259 g/mol. The lowest BCUT2D eigenvalue weighted by Gasteiger charge is -2.13. The van der Waals surface area contributed by atoms with Gasteiger partial charge in [-0.05, 0) is 32.0 Å². The van der Waals surface area contributed by atoms with Crippen LogP contribution in [0.25, 0.3) is 0 Å². The van der Waals surface area contributed by atoms with Gasteiger partial charge in [0.1, 0.15) is 0 Å². The van der Waals surface area contributed by atoms with Crippen molar-refractivity contribution in [2.24, 2.45) is 0 Å². The summed E-state index contributed by atoms with van der Waals surface area (Å²) in [5.74, 6) is 0. The van der Waals surface area contributed by atoms with E-state index in [2.05, 4.69) is 29.4 Å². The van der Waals surface area contributed by atoms with Gasteiger partial charge in [-0.3, -0.25) is 4.79 Å². The van der Waals surface area contributed by atoms with Gasteiger partial charge < -0.3 is 4.90 Å². The molecule has 1 rings (SSSR count). The normalized spacial score (nSPS) is 9.35. The van der Waals surface area contributed by atoms with Crippen molar-refractivity contribution in [1.82, 2.24) is 25.1 Å². The summed E-state index contributed by atoms with van der Waals surface area (Å²) in [5.41, 5.74) is 0. The molecule has 0 saturated heterocycles. The number of hydrogen-bond donors (Lipinski definition) is 1. The van der Waals surface area contributed by atoms with Gasteiger partial charge >= 0.3 is 0 Å². The van der Waals surface area contributed by atoms with Crippen LogP contribution in [0, 0.1) is 4.77 Å². The van der Waals surface area contributed by atoms with Gasteiger partial charge in [0.15, 0.2) is 0 Å². The number of rotatable bonds is 6. The van der Waals surface area contributed by atoms with Crippen molar-refractivity contribution in [3.8, 4) is 0 Å². The van der Waals surface area contributed by atoms with E-state index in [1.165, 1.54) is 0 Å². The van der Waals surface area contributed by atoms with Gasteiger partial charge in [0.2, 0.25) is 11.2 Å². The van der Waals surface area contributed by atoms with E-state index >= 15 is 0 Å². The number of carbonyl (C=O) groups is 1. The highest BCUT2D eigenvalue weighted by Gasteiger charge is 1.94. The number of amides is 1. The molecule has 0 aliphatic rings. The van der Waals surface area contributed by atoms with Crippen LogP contribution in [0.5, 0.6) is 0 Å². The minimum atomic E-state index is 0.507. The second kappa shape index (κ2) is 9.95. The molecule has 17 heavy (non-hydrogen) atoms. The molecular weight excluding hydrogens is 238 g/mol. The fraction of sp³-hybridized carbons (Fsp3) is 0.800. The van der Waals surface area contributed by atoms with Gasteiger partial charge in [-0.25, -0.2) is 4.68 Å². The topological polar surface area (TPSA) is 66.8 Å². The molecule has 1 heterocycles. The highest BCUT2D eigenvalue weighted by Crippen LogP contribution is 1.88. The van der Waals surface area contributed by atoms with Crippen molar-refractivity contribution in [1.29, 1.82) is 0 Å². The summed E-state index contributed by atoms with van der Waals surface area (Å²) >= 11 is 4.74. The maximum Gasteiger partial charge on any atom is 0.238 e. The monoisotopic (exact) mass is 259 g/mol. The standard InChI is InChI=1S/C7H15NO.C3H6N4S/c1-3-5-8(7-9)6-4-2;1-2-7-3(8)4-5-6-7/h7H,3-6H2,1-2H3;2H2,1H3,(H,4,6,8). The first-order valence-electron chi connectivity index (χ1n) is 5.86. The van der Waals surface area contributed by atoms with E-state index in [-0.39, 0.29) is 0 Å². The van der Waals surface area contributed by atoms with E-state index in [4.69, 9.17) is 12.2 Å². The molecule has 7 heteroatoms. The van der Waals surface area contributed by atoms with Crippen LogP contribution in [0.3, 0.4) is 0 Å². The first-order chi connectivity index (χ1) is 8.19. The van der Waals surface area contributed by atoms with Crippen molar-refractivity contribution < 1.29 is 4.79 Å². The Kier molecular flexibility index (Phi) is 9.22. The summed E-state index contributed by atoms with van der Waals surface area (Å²) in [5, 5.41) is 9.64. The molecule has 1 aromatic rings. The van der Waals surface area contributed by atoms with Crippen LogP contribution in [-0.4, -0.2) is 44.6 Å². The summed E-state index contributed by atoms with van der Waals surface area (Å²) in [4.78, 5) is 12.0. The van der Waals surface area contributed by atoms with Crippen LogP contribution in [0.2, 0.25) is 0 Å². The van der Waals surface area contributed by atoms with Gasteiger partial charge in [-0.15, -0.1) is 0 Å². The van der Waals surface area contributed by atoms with E-state index in [1.54, 1.807) is 9.58 Å². The zero-order valence-corrected chi connectivity index (χ0v) is 11.5. The van der Waals surface area contributed by atoms with Crippen LogP contribution >= 0.6 is 12.2 Å². The number of H-pyrrole nitrogens is 1. The Balaban J connectivity index is 0.000000302. The van der Waals surface area contributed by atoms with E-state index in [0.29, 0.717) is 4.77 Å². The van der Waals surface area contributed by atoms with E-state index in [0.717, 1.165) is 38.9 Å². The Morgan fingerprint density at radius 3 is 2.18 bits per heavy atom. The van der Waals surface area contributed by atoms with Gasteiger partial charge in [0.25, 0.3) is 0 Å². The van der Waals surface area contributed by atoms with Gasteiger partial charge in [0, 0.05) is 19.6 Å². The number of tetrazole rings is 1. The van der Waals surface area contributed by atoms with Crippen LogP contribution < -0.4 is 0 Å². The Morgan fingerprint density at radius 2 is 1.94 bits per heavy atom. The molecular formula is C10H21N5OS. The van der Waals surface area contributed by atoms with Crippen LogP contribution in [0.15, 0.2) is 0 Å². The fourth-order valence-corrected chi connectivity index (χ4v) is 1.42. The minimum absolute atomic E-state index is 0.507. The van der Waals surface area contributed by atoms with Crippen LogP contribution in [-0.2, 0) is 11.3 Å². The molecule has 6 nitrogen and oxygen atoms in total. The Morgan fingerprint density at radius 1 is 1.35 bits per heavy atom. The second-order valence-electron chi connectivity index (χ2n) is 3.47. The molecule has 0 saturated carbocycles. The molecule has 1 N–H and O–H groups in total. The van der Waals surface area contributed by atoms with Gasteiger partial charge in [-0.1, -0.05) is 24.2 Å². The Bertz CT molecular complexity index is 342. The molecule has 0 atom stereocenters. The molecule has 0 unspecified atom stereocenters. The van der Waals surface area contributed by atoms with Gasteiger partial charge in [0.05, 0.1) is 0 Å². The number of nitrogens with zero attached hydrogens (tertiary/aromatic N) is 4. The molecule has 0 aliphatic heterocycles. The van der Waals surface area contributed by atoms with Crippen molar-refractivity contribution >= 4 is 18.6 Å². The molecule has 0 fully saturated rings. The third-order valence-electron chi connectivity index (χ3n) is 2.02. The Labute approximate surface area is 107 Å². The quantitative estimate of drug-likeness (QED) is 0.622. The minimum Gasteiger partial charge on any atom is -0.345 e. The number of aromatic amines is 1. The molecule has 0 aliphatic carbocycles. The number of aryl methyl sites for hydroxylation is 1. The zero-order valence-electron chi connectivity index (χ0n) is 10.7. The highest BCUT2D eigenvalue weighted by molar-refractivity contribution is 7.71. The lowest BCUT2D eigenvalue weighted by atomic mass is 10.4. The van der Waals surface area contributed by atoms with Crippen LogP contribution in [0.1, 0.15) is 33.6 Å². The Hall–Kier alpha value is -1.24. The average Bonchev–Trinajstić information content (AvgIpc) is 2.75. The summed E-state index contributed by atoms with van der Waals surface area (Å²) in [7, 11) is 0. The molecule has 0 radical (unpaired) electrons. The lowest BCUT2D eigenvalue weighted by molar-refractivity contribution is -0.118. The van der Waals surface area contributed by atoms with Crippen molar-refractivity contribution in [2.45, 2.75) is 40.2 Å². The van der Waals surface area contributed by atoms with Crippen molar-refractivity contribution in [3.05, 3.63) is 4.77 Å². The van der Waals surface area contributed by atoms with E-state index in [9.17, 15) is 4.79 Å². The number of aromatic nitrogens is 4. The first kappa shape index (κ1) is 15.8. The number of hydrogen-bond acceptors (Lipinski definition) is 4. The predicted molar refractivity (Wildman–Crippen MR) is 69.1 cm³/mol. The molecule has 98 valence electrons. The predicted octanol–water partition coefficient (Wildman–Crippen LogP) is 1.62. The van der Waals surface area contributed by atoms with Crippen LogP contribution in [0.4, 0.5) is 0 Å². The molecule has 0 bridgehead atoms. The molecule has 0 spiro atoms. The third kappa shape index (κ3) is 6.83. The SMILES string of the molecule is CCCN(C=O)CCC.CCn1[nH]nnc1=S. The molecule has 1 aromatic heterocycles. The summed E-state index contributed by atoms with van der Waals surface area (Å²) in [6.45, 7) is 8.72. The highest BCUT2D eigenvalue weighted by atomic mass is 32.1. The summed E-state index contributed by atoms with van der Waals surface area (Å²) in [6.07, 6.45) is 3.03. The van der Waals surface area contributed by atoms with Crippen molar-refractivity contribution in [2.75, 3.05) is 13.1 Å². The lowest BCUT2D eigenvalue weighted by Crippen LogP contribution is -2.23. The summed E-state index contributed by atoms with van der Waals surface area (Å²) in [6, 6.07) is 0. The molecule has 0 aromatic carbocycles. The molecule has 1 amide bonds.